The average molecular weight is 413 g/mol. The molecular formula is C15H16N4O4S3. The highest BCUT2D eigenvalue weighted by Gasteiger charge is 2.25. The summed E-state index contributed by atoms with van der Waals surface area (Å²) < 4.78 is 32.3. The molecule has 26 heavy (non-hydrogen) atoms. The van der Waals surface area contributed by atoms with Crippen LogP contribution in [0.5, 0.6) is 5.88 Å². The minimum atomic E-state index is -4.03. The van der Waals surface area contributed by atoms with Crippen LogP contribution in [-0.4, -0.2) is 43.0 Å². The molecule has 2 heterocycles. The summed E-state index contributed by atoms with van der Waals surface area (Å²) in [6.07, 6.45) is 0. The van der Waals surface area contributed by atoms with Crippen molar-refractivity contribution in [2.45, 2.75) is 21.6 Å². The number of amides is 2. The van der Waals surface area contributed by atoms with Crippen molar-refractivity contribution >= 4 is 45.5 Å². The van der Waals surface area contributed by atoms with Crippen LogP contribution in [0.4, 0.5) is 10.7 Å². The summed E-state index contributed by atoms with van der Waals surface area (Å²) in [5.74, 6) is 1.95. The van der Waals surface area contributed by atoms with E-state index in [-0.39, 0.29) is 16.7 Å². The number of fused-ring (bicyclic) bond motifs is 1. The number of hydrogen-bond acceptors (Lipinski definition) is 8. The van der Waals surface area contributed by atoms with Crippen LogP contribution in [0.3, 0.4) is 0 Å². The van der Waals surface area contributed by atoms with Crippen molar-refractivity contribution in [3.05, 3.63) is 30.0 Å². The van der Waals surface area contributed by atoms with Crippen LogP contribution < -0.4 is 14.8 Å². The predicted octanol–water partition coefficient (Wildman–Crippen LogP) is 2.50. The van der Waals surface area contributed by atoms with E-state index in [0.717, 1.165) is 16.4 Å². The minimum absolute atomic E-state index is 0.0467. The first-order chi connectivity index (χ1) is 12.4. The van der Waals surface area contributed by atoms with Gasteiger partial charge < -0.3 is 4.74 Å². The third kappa shape index (κ3) is 4.22. The Morgan fingerprint density at radius 3 is 2.77 bits per heavy atom. The summed E-state index contributed by atoms with van der Waals surface area (Å²) in [5.41, 5.74) is 0.570. The van der Waals surface area contributed by atoms with Gasteiger partial charge in [0.2, 0.25) is 11.8 Å². The van der Waals surface area contributed by atoms with Gasteiger partial charge in [0.1, 0.15) is 4.90 Å². The molecular weight excluding hydrogens is 396 g/mol. The van der Waals surface area contributed by atoms with Crippen LogP contribution in [0, 0.1) is 6.92 Å². The Labute approximate surface area is 159 Å². The minimum Gasteiger partial charge on any atom is -0.481 e. The van der Waals surface area contributed by atoms with Gasteiger partial charge in [-0.2, -0.15) is 4.98 Å². The summed E-state index contributed by atoms with van der Waals surface area (Å²) >= 11 is 3.07. The van der Waals surface area contributed by atoms with E-state index in [1.807, 2.05) is 10.8 Å². The zero-order chi connectivity index (χ0) is 18.7. The Kier molecular flexibility index (Phi) is 5.58. The first kappa shape index (κ1) is 18.8. The van der Waals surface area contributed by atoms with Crippen molar-refractivity contribution in [1.29, 1.82) is 0 Å². The number of benzene rings is 1. The molecule has 2 N–H and O–H groups in total. The molecule has 1 aromatic carbocycles. The highest BCUT2D eigenvalue weighted by atomic mass is 32.2. The van der Waals surface area contributed by atoms with E-state index in [1.165, 1.54) is 24.9 Å². The highest BCUT2D eigenvalue weighted by Crippen LogP contribution is 2.40. The lowest BCUT2D eigenvalue weighted by Crippen LogP contribution is -2.35. The van der Waals surface area contributed by atoms with Gasteiger partial charge in [-0.1, -0.05) is 6.07 Å². The summed E-state index contributed by atoms with van der Waals surface area (Å²) in [7, 11) is -2.60. The summed E-state index contributed by atoms with van der Waals surface area (Å²) in [5, 5.41) is 2.32. The lowest BCUT2D eigenvalue weighted by Gasteiger charge is -2.18. The van der Waals surface area contributed by atoms with Crippen LogP contribution in [0.2, 0.25) is 0 Å². The molecule has 0 aliphatic carbocycles. The number of nitrogens with zero attached hydrogens (tertiary/aromatic N) is 2. The van der Waals surface area contributed by atoms with Crippen LogP contribution >= 0.6 is 23.5 Å². The fraction of sp³-hybridized carbons (Fsp3) is 0.267. The number of sulfonamides is 1. The molecule has 0 atom stereocenters. The molecule has 138 valence electrons. The Balaban J connectivity index is 1.80. The Morgan fingerprint density at radius 2 is 2.00 bits per heavy atom. The number of anilines is 1. The first-order valence-electron chi connectivity index (χ1n) is 7.51. The first-order valence-corrected chi connectivity index (χ1v) is 11.0. The normalized spacial score (nSPS) is 13.6. The number of thioether (sulfide) groups is 2. The van der Waals surface area contributed by atoms with Gasteiger partial charge in [0.25, 0.3) is 10.0 Å². The molecule has 3 rings (SSSR count). The molecule has 0 fully saturated rings. The maximum atomic E-state index is 12.6. The van der Waals surface area contributed by atoms with Gasteiger partial charge in [-0.3, -0.25) is 5.32 Å². The average Bonchev–Trinajstić information content (AvgIpc) is 2.60. The maximum absolute atomic E-state index is 12.6. The monoisotopic (exact) mass is 412 g/mol. The Morgan fingerprint density at radius 1 is 1.23 bits per heavy atom. The number of ether oxygens (including phenoxy) is 1. The summed E-state index contributed by atoms with van der Waals surface area (Å²) in [6, 6.07) is 5.67. The molecule has 2 aromatic rings. The van der Waals surface area contributed by atoms with Crippen molar-refractivity contribution in [2.24, 2.45) is 0 Å². The van der Waals surface area contributed by atoms with E-state index in [0.29, 0.717) is 10.6 Å². The Bertz CT molecular complexity index is 950. The van der Waals surface area contributed by atoms with Gasteiger partial charge in [0.15, 0.2) is 0 Å². The van der Waals surface area contributed by atoms with Crippen molar-refractivity contribution in [3.63, 3.8) is 0 Å². The maximum Gasteiger partial charge on any atom is 0.335 e. The topological polar surface area (TPSA) is 110 Å². The number of nitrogens with one attached hydrogen (secondary N) is 2. The molecule has 0 saturated carbocycles. The second kappa shape index (κ2) is 7.72. The van der Waals surface area contributed by atoms with Crippen LogP contribution in [-0.2, 0) is 10.0 Å². The van der Waals surface area contributed by atoms with Gasteiger partial charge in [0, 0.05) is 33.1 Å². The van der Waals surface area contributed by atoms with Crippen molar-refractivity contribution in [2.75, 3.05) is 23.9 Å². The van der Waals surface area contributed by atoms with Crippen molar-refractivity contribution < 1.29 is 17.9 Å². The molecule has 0 saturated heterocycles. The number of carbonyl (C=O) groups excluding carboxylic acids is 1. The molecule has 2 amide bonds. The number of methoxy groups -OCH3 is 1. The second-order valence-corrected chi connectivity index (χ2v) is 9.11. The zero-order valence-corrected chi connectivity index (χ0v) is 16.4. The predicted molar refractivity (Wildman–Crippen MR) is 101 cm³/mol. The third-order valence-corrected chi connectivity index (χ3v) is 7.40. The number of carbonyl (C=O) groups is 1. The fourth-order valence-electron chi connectivity index (χ4n) is 2.26. The molecule has 11 heteroatoms. The molecule has 1 aromatic heterocycles. The molecule has 8 nitrogen and oxygen atoms in total. The van der Waals surface area contributed by atoms with E-state index in [2.05, 4.69) is 15.3 Å². The smallest absolute Gasteiger partial charge is 0.335 e. The standard InChI is InChI=1S/C15H16N4O4S3/c1-9-8-12(23-2)17-14(16-9)18-15(20)19-26(21,22)11-5-3-4-10-13(11)25-7-6-24-10/h3-5,8H,6-7H2,1-2H3,(H2,16,17,18,19,20). The van der Waals surface area contributed by atoms with Crippen molar-refractivity contribution in [3.8, 4) is 5.88 Å². The molecule has 0 unspecified atom stereocenters. The molecule has 1 aliphatic heterocycles. The van der Waals surface area contributed by atoms with Gasteiger partial charge in [-0.25, -0.2) is 22.9 Å². The van der Waals surface area contributed by atoms with Crippen LogP contribution in [0.1, 0.15) is 5.69 Å². The van der Waals surface area contributed by atoms with E-state index >= 15 is 0 Å². The highest BCUT2D eigenvalue weighted by molar-refractivity contribution is 8.06. The molecule has 1 aliphatic rings. The third-order valence-electron chi connectivity index (χ3n) is 3.31. The number of aryl methyl sites for hydroxylation is 1. The van der Waals surface area contributed by atoms with Gasteiger partial charge >= 0.3 is 6.03 Å². The van der Waals surface area contributed by atoms with Crippen LogP contribution in [0.15, 0.2) is 39.0 Å². The van der Waals surface area contributed by atoms with Gasteiger partial charge in [-0.05, 0) is 19.1 Å². The molecule has 0 bridgehead atoms. The zero-order valence-electron chi connectivity index (χ0n) is 14.0. The van der Waals surface area contributed by atoms with E-state index in [1.54, 1.807) is 30.8 Å². The number of urea groups is 1. The lowest BCUT2D eigenvalue weighted by molar-refractivity contribution is 0.256. The fourth-order valence-corrected chi connectivity index (χ4v) is 6.13. The largest absolute Gasteiger partial charge is 0.481 e. The van der Waals surface area contributed by atoms with Crippen molar-refractivity contribution in [1.82, 2.24) is 14.7 Å². The van der Waals surface area contributed by atoms with E-state index in [4.69, 9.17) is 4.74 Å². The van der Waals surface area contributed by atoms with Gasteiger partial charge in [-0.15, -0.1) is 23.5 Å². The number of aromatic nitrogens is 2. The van der Waals surface area contributed by atoms with Gasteiger partial charge in [0.05, 0.1) is 7.11 Å². The van der Waals surface area contributed by atoms with Crippen LogP contribution in [0.25, 0.3) is 0 Å². The quantitative estimate of drug-likeness (QED) is 0.788. The Hall–Kier alpha value is -1.98. The second-order valence-electron chi connectivity index (χ2n) is 5.22. The van der Waals surface area contributed by atoms with E-state index < -0.39 is 16.1 Å². The number of rotatable bonds is 4. The molecule has 0 radical (unpaired) electrons. The molecule has 0 spiro atoms. The SMILES string of the molecule is COc1cc(C)nc(NC(=O)NS(=O)(=O)c2cccc3c2SCCS3)n1. The summed E-state index contributed by atoms with van der Waals surface area (Å²) in [4.78, 5) is 21.8. The number of hydrogen-bond donors (Lipinski definition) is 2. The van der Waals surface area contributed by atoms with E-state index in [9.17, 15) is 13.2 Å². The lowest BCUT2D eigenvalue weighted by atomic mass is 10.4. The summed E-state index contributed by atoms with van der Waals surface area (Å²) in [6.45, 7) is 1.70.